The van der Waals surface area contributed by atoms with Crippen LogP contribution in [0.4, 0.5) is 19.0 Å². The first kappa shape index (κ1) is 15.9. The summed E-state index contributed by atoms with van der Waals surface area (Å²) in [5.41, 5.74) is 0.553. The number of alkyl halides is 3. The van der Waals surface area contributed by atoms with E-state index in [0.29, 0.717) is 16.4 Å². The number of hydrogen-bond acceptors (Lipinski definition) is 3. The maximum Gasteiger partial charge on any atom is 0.394 e. The lowest BCUT2D eigenvalue weighted by Crippen LogP contribution is -2.33. The van der Waals surface area contributed by atoms with Gasteiger partial charge in [-0.2, -0.15) is 13.2 Å². The number of aliphatic carboxylic acids is 1. The molecular weight excluding hydrogens is 333 g/mol. The first-order chi connectivity index (χ1) is 10.8. The van der Waals surface area contributed by atoms with Gasteiger partial charge in [0.15, 0.2) is 0 Å². The molecule has 0 radical (unpaired) electrons. The van der Waals surface area contributed by atoms with Crippen molar-refractivity contribution in [3.8, 4) is 0 Å². The van der Waals surface area contributed by atoms with Crippen LogP contribution in [0.3, 0.4) is 0 Å². The van der Waals surface area contributed by atoms with Crippen LogP contribution in [0.1, 0.15) is 0 Å². The minimum Gasteiger partial charge on any atom is -0.481 e. The second kappa shape index (κ2) is 5.56. The molecule has 0 bridgehead atoms. The molecule has 0 unspecified atom stereocenters. The van der Waals surface area contributed by atoms with Crippen molar-refractivity contribution in [1.82, 2.24) is 4.98 Å². The lowest BCUT2D eigenvalue weighted by atomic mass is 9.96. The summed E-state index contributed by atoms with van der Waals surface area (Å²) in [4.78, 5) is 16.8. The first-order valence-electron chi connectivity index (χ1n) is 6.86. The molecule has 2 heterocycles. The van der Waals surface area contributed by atoms with Gasteiger partial charge >= 0.3 is 12.1 Å². The number of hydrogen-bond donors (Lipinski definition) is 1. The Labute approximate surface area is 134 Å². The number of carboxylic acids is 1. The van der Waals surface area contributed by atoms with Gasteiger partial charge in [0.1, 0.15) is 5.82 Å². The molecule has 1 aliphatic rings. The normalized spacial score (nSPS) is 21.8. The summed E-state index contributed by atoms with van der Waals surface area (Å²) in [7, 11) is 0. The quantitative estimate of drug-likeness (QED) is 0.904. The lowest BCUT2D eigenvalue weighted by molar-refractivity contribution is -0.187. The molecule has 1 fully saturated rings. The second-order valence-corrected chi connectivity index (χ2v) is 5.94. The van der Waals surface area contributed by atoms with Crippen LogP contribution in [0.2, 0.25) is 5.02 Å². The summed E-state index contributed by atoms with van der Waals surface area (Å²) < 4.78 is 39.1. The number of carbonyl (C=O) groups is 1. The van der Waals surface area contributed by atoms with E-state index in [4.69, 9.17) is 16.7 Å². The molecule has 2 aromatic rings. The van der Waals surface area contributed by atoms with E-state index in [9.17, 15) is 18.0 Å². The van der Waals surface area contributed by atoms with Gasteiger partial charge in [-0.15, -0.1) is 0 Å². The number of pyridine rings is 1. The number of rotatable bonds is 2. The molecule has 1 aromatic heterocycles. The van der Waals surface area contributed by atoms with Crippen molar-refractivity contribution in [2.24, 2.45) is 11.8 Å². The highest BCUT2D eigenvalue weighted by molar-refractivity contribution is 6.31. The average molecular weight is 345 g/mol. The number of anilines is 1. The summed E-state index contributed by atoms with van der Waals surface area (Å²) >= 11 is 5.90. The molecule has 122 valence electrons. The summed E-state index contributed by atoms with van der Waals surface area (Å²) in [5.74, 6) is -4.53. The van der Waals surface area contributed by atoms with E-state index in [1.807, 2.05) is 0 Å². The number of benzene rings is 1. The summed E-state index contributed by atoms with van der Waals surface area (Å²) in [6.07, 6.45) is -4.56. The smallest absolute Gasteiger partial charge is 0.394 e. The lowest BCUT2D eigenvalue weighted by Gasteiger charge is -2.19. The van der Waals surface area contributed by atoms with Crippen molar-refractivity contribution in [2.45, 2.75) is 6.18 Å². The molecule has 0 spiro atoms. The zero-order chi connectivity index (χ0) is 16.8. The molecular formula is C15H12ClF3N2O2. The van der Waals surface area contributed by atoms with E-state index in [1.165, 1.54) is 4.90 Å². The van der Waals surface area contributed by atoms with Gasteiger partial charge in [-0.1, -0.05) is 17.7 Å². The Bertz CT molecular complexity index is 766. The summed E-state index contributed by atoms with van der Waals surface area (Å²) in [6.45, 7) is -0.641. The SMILES string of the molecule is O=C(O)[C@@H]1CN(c2ccc3ccc(Cl)cc3n2)C[C@H]1C(F)(F)F. The van der Waals surface area contributed by atoms with E-state index in [0.717, 1.165) is 5.39 Å². The van der Waals surface area contributed by atoms with Crippen LogP contribution >= 0.6 is 11.6 Å². The molecule has 0 aliphatic carbocycles. The molecule has 1 aromatic carbocycles. The monoisotopic (exact) mass is 344 g/mol. The topological polar surface area (TPSA) is 53.4 Å². The first-order valence-corrected chi connectivity index (χ1v) is 7.24. The molecule has 1 N–H and O–H groups in total. The van der Waals surface area contributed by atoms with Crippen LogP contribution < -0.4 is 4.90 Å². The molecule has 3 rings (SSSR count). The maximum atomic E-state index is 13.0. The third-order valence-corrected chi connectivity index (χ3v) is 4.26. The molecule has 4 nitrogen and oxygen atoms in total. The third-order valence-electron chi connectivity index (χ3n) is 4.02. The Kier molecular flexibility index (Phi) is 3.83. The van der Waals surface area contributed by atoms with Crippen LogP contribution in [0.15, 0.2) is 30.3 Å². The van der Waals surface area contributed by atoms with Crippen molar-refractivity contribution in [2.75, 3.05) is 18.0 Å². The van der Waals surface area contributed by atoms with Crippen molar-refractivity contribution in [3.63, 3.8) is 0 Å². The van der Waals surface area contributed by atoms with E-state index in [2.05, 4.69) is 4.98 Å². The van der Waals surface area contributed by atoms with Crippen LogP contribution in [0.25, 0.3) is 10.9 Å². The molecule has 2 atom stereocenters. The zero-order valence-electron chi connectivity index (χ0n) is 11.7. The Morgan fingerprint density at radius 2 is 1.96 bits per heavy atom. The number of nitrogens with zero attached hydrogens (tertiary/aromatic N) is 2. The van der Waals surface area contributed by atoms with Gasteiger partial charge in [-0.3, -0.25) is 4.79 Å². The number of aromatic nitrogens is 1. The third kappa shape index (κ3) is 3.06. The van der Waals surface area contributed by atoms with Crippen molar-refractivity contribution >= 4 is 34.3 Å². The largest absolute Gasteiger partial charge is 0.481 e. The number of fused-ring (bicyclic) bond motifs is 1. The van der Waals surface area contributed by atoms with Crippen molar-refractivity contribution < 1.29 is 23.1 Å². The summed E-state index contributed by atoms with van der Waals surface area (Å²) in [6, 6.07) is 8.39. The molecule has 0 saturated carbocycles. The van der Waals surface area contributed by atoms with Crippen LogP contribution in [-0.4, -0.2) is 35.3 Å². The minimum atomic E-state index is -4.56. The Balaban J connectivity index is 1.94. The Morgan fingerprint density at radius 1 is 1.26 bits per heavy atom. The number of halogens is 4. The molecule has 8 heteroatoms. The molecule has 1 saturated heterocycles. The maximum absolute atomic E-state index is 13.0. The van der Waals surface area contributed by atoms with Gasteiger partial charge in [0.2, 0.25) is 0 Å². The van der Waals surface area contributed by atoms with Gasteiger partial charge in [-0.25, -0.2) is 4.98 Å². The zero-order valence-corrected chi connectivity index (χ0v) is 12.5. The second-order valence-electron chi connectivity index (χ2n) is 5.50. The van der Waals surface area contributed by atoms with Crippen LogP contribution in [0.5, 0.6) is 0 Å². The van der Waals surface area contributed by atoms with E-state index >= 15 is 0 Å². The van der Waals surface area contributed by atoms with Gasteiger partial charge in [-0.05, 0) is 24.3 Å². The van der Waals surface area contributed by atoms with E-state index in [1.54, 1.807) is 30.3 Å². The van der Waals surface area contributed by atoms with Crippen molar-refractivity contribution in [3.05, 3.63) is 35.4 Å². The average Bonchev–Trinajstić information content (AvgIpc) is 2.92. The minimum absolute atomic E-state index is 0.224. The van der Waals surface area contributed by atoms with Gasteiger partial charge in [0.25, 0.3) is 0 Å². The van der Waals surface area contributed by atoms with Crippen LogP contribution in [0, 0.1) is 11.8 Å². The van der Waals surface area contributed by atoms with E-state index < -0.39 is 30.5 Å². The fourth-order valence-electron chi connectivity index (χ4n) is 2.83. The highest BCUT2D eigenvalue weighted by Crippen LogP contribution is 2.39. The van der Waals surface area contributed by atoms with Crippen LogP contribution in [-0.2, 0) is 4.79 Å². The fraction of sp³-hybridized carbons (Fsp3) is 0.333. The highest BCUT2D eigenvalue weighted by Gasteiger charge is 2.52. The standard InChI is InChI=1S/C15H12ClF3N2O2/c16-9-3-1-8-2-4-13(20-12(8)5-9)21-6-10(14(22)23)11(7-21)15(17,18)19/h1-5,10-11H,6-7H2,(H,22,23)/t10-,11-/m1/s1. The van der Waals surface area contributed by atoms with Gasteiger partial charge in [0, 0.05) is 23.5 Å². The highest BCUT2D eigenvalue weighted by atomic mass is 35.5. The predicted octanol–water partition coefficient (Wildman–Crippen LogP) is 3.59. The molecule has 23 heavy (non-hydrogen) atoms. The summed E-state index contributed by atoms with van der Waals surface area (Å²) in [5, 5.41) is 10.3. The molecule has 0 amide bonds. The van der Waals surface area contributed by atoms with Gasteiger partial charge < -0.3 is 10.0 Å². The number of carboxylic acid groups (broad SMARTS) is 1. The van der Waals surface area contributed by atoms with Gasteiger partial charge in [0.05, 0.1) is 17.4 Å². The molecule has 1 aliphatic heterocycles. The predicted molar refractivity (Wildman–Crippen MR) is 79.6 cm³/mol. The fourth-order valence-corrected chi connectivity index (χ4v) is 2.99. The Hall–Kier alpha value is -2.02. The van der Waals surface area contributed by atoms with E-state index in [-0.39, 0.29) is 6.54 Å². The van der Waals surface area contributed by atoms with Crippen molar-refractivity contribution in [1.29, 1.82) is 0 Å². The Morgan fingerprint density at radius 3 is 2.57 bits per heavy atom.